The van der Waals surface area contributed by atoms with Crippen LogP contribution in [0.4, 0.5) is 11.5 Å². The lowest BCUT2D eigenvalue weighted by Gasteiger charge is -2.34. The van der Waals surface area contributed by atoms with Crippen LogP contribution < -0.4 is 9.64 Å². The minimum absolute atomic E-state index is 0.0168. The van der Waals surface area contributed by atoms with Crippen molar-refractivity contribution in [3.63, 3.8) is 0 Å². The van der Waals surface area contributed by atoms with Gasteiger partial charge in [-0.05, 0) is 41.5 Å². The molecule has 2 aliphatic rings. The molecule has 5 rings (SSSR count). The van der Waals surface area contributed by atoms with Crippen molar-refractivity contribution in [3.05, 3.63) is 92.9 Å². The quantitative estimate of drug-likeness (QED) is 0.267. The molecular formula is C28H29N5O5. The molecule has 0 unspecified atom stereocenters. The zero-order valence-corrected chi connectivity index (χ0v) is 21.2. The van der Waals surface area contributed by atoms with Crippen LogP contribution in [0.15, 0.2) is 54.6 Å². The Morgan fingerprint density at radius 3 is 2.50 bits per heavy atom. The number of methoxy groups -OCH3 is 1. The Morgan fingerprint density at radius 2 is 1.82 bits per heavy atom. The fourth-order valence-electron chi connectivity index (χ4n) is 4.66. The average Bonchev–Trinajstić information content (AvgIpc) is 2.96. The second-order valence-electron chi connectivity index (χ2n) is 9.20. The predicted molar refractivity (Wildman–Crippen MR) is 142 cm³/mol. The van der Waals surface area contributed by atoms with E-state index in [2.05, 4.69) is 4.90 Å². The Bertz CT molecular complexity index is 1330. The maximum absolute atomic E-state index is 13.1. The maximum Gasteiger partial charge on any atom is 0.269 e. The zero-order chi connectivity index (χ0) is 26.5. The number of aromatic nitrogens is 2. The van der Waals surface area contributed by atoms with E-state index in [4.69, 9.17) is 19.4 Å². The van der Waals surface area contributed by atoms with Crippen molar-refractivity contribution in [2.45, 2.75) is 19.4 Å². The van der Waals surface area contributed by atoms with E-state index in [0.717, 1.165) is 52.9 Å². The van der Waals surface area contributed by atoms with Crippen molar-refractivity contribution in [2.75, 3.05) is 44.9 Å². The summed E-state index contributed by atoms with van der Waals surface area (Å²) < 4.78 is 10.8. The lowest BCUT2D eigenvalue weighted by atomic mass is 10.0. The molecule has 3 aromatic rings. The van der Waals surface area contributed by atoms with Gasteiger partial charge < -0.3 is 19.3 Å². The van der Waals surface area contributed by atoms with Gasteiger partial charge in [0.05, 0.1) is 37.5 Å². The van der Waals surface area contributed by atoms with Gasteiger partial charge in [0.25, 0.3) is 5.69 Å². The summed E-state index contributed by atoms with van der Waals surface area (Å²) in [6, 6.07) is 14.0. The molecule has 0 N–H and O–H groups in total. The number of morpholine rings is 1. The van der Waals surface area contributed by atoms with Gasteiger partial charge in [0.2, 0.25) is 5.91 Å². The van der Waals surface area contributed by atoms with E-state index in [1.165, 1.54) is 18.2 Å². The number of anilines is 1. The van der Waals surface area contributed by atoms with Gasteiger partial charge in [-0.3, -0.25) is 14.9 Å². The molecule has 0 bridgehead atoms. The molecule has 0 aliphatic carbocycles. The minimum Gasteiger partial charge on any atom is -0.497 e. The summed E-state index contributed by atoms with van der Waals surface area (Å²) in [6.07, 6.45) is 4.44. The monoisotopic (exact) mass is 515 g/mol. The van der Waals surface area contributed by atoms with Gasteiger partial charge >= 0.3 is 0 Å². The Morgan fingerprint density at radius 1 is 1.08 bits per heavy atom. The molecule has 10 heteroatoms. The van der Waals surface area contributed by atoms with E-state index < -0.39 is 4.92 Å². The van der Waals surface area contributed by atoms with Crippen LogP contribution in [0, 0.1) is 10.1 Å². The summed E-state index contributed by atoms with van der Waals surface area (Å²) in [5.74, 6) is 2.32. The van der Waals surface area contributed by atoms with Gasteiger partial charge in [0.15, 0.2) is 0 Å². The highest BCUT2D eigenvalue weighted by molar-refractivity contribution is 5.92. The standard InChI is InChI=1S/C28H29N5O5/c1-37-23-9-4-21(5-10-23)18-26-29-25-12-13-32(19-24(25)28(30-26)31-14-16-38-17-15-31)27(34)11-6-20-2-7-22(8-3-20)33(35)36/h2-11H,12-19H2,1H3/b11-6+. The van der Waals surface area contributed by atoms with Crippen LogP contribution in [0.2, 0.25) is 0 Å². The molecular weight excluding hydrogens is 486 g/mol. The van der Waals surface area contributed by atoms with Crippen LogP contribution in [0.5, 0.6) is 5.75 Å². The fourth-order valence-corrected chi connectivity index (χ4v) is 4.66. The topological polar surface area (TPSA) is 111 Å². The lowest BCUT2D eigenvalue weighted by Crippen LogP contribution is -2.41. The van der Waals surface area contributed by atoms with Gasteiger partial charge in [-0.25, -0.2) is 9.97 Å². The fraction of sp³-hybridized carbons (Fsp3) is 0.321. The second-order valence-corrected chi connectivity index (χ2v) is 9.20. The van der Waals surface area contributed by atoms with Gasteiger partial charge in [-0.15, -0.1) is 0 Å². The van der Waals surface area contributed by atoms with Gasteiger partial charge in [-0.1, -0.05) is 12.1 Å². The number of amides is 1. The first-order valence-corrected chi connectivity index (χ1v) is 12.6. The third-order valence-electron chi connectivity index (χ3n) is 6.75. The first-order valence-electron chi connectivity index (χ1n) is 12.6. The van der Waals surface area contributed by atoms with Crippen molar-refractivity contribution < 1.29 is 19.2 Å². The van der Waals surface area contributed by atoms with Crippen LogP contribution in [0.3, 0.4) is 0 Å². The molecule has 1 amide bonds. The highest BCUT2D eigenvalue weighted by Crippen LogP contribution is 2.28. The molecule has 1 aromatic heterocycles. The third-order valence-corrected chi connectivity index (χ3v) is 6.75. The molecule has 1 saturated heterocycles. The Kier molecular flexibility index (Phi) is 7.60. The number of carbonyl (C=O) groups is 1. The molecule has 196 valence electrons. The molecule has 0 radical (unpaired) electrons. The van der Waals surface area contributed by atoms with Crippen LogP contribution in [-0.2, 0) is 28.9 Å². The van der Waals surface area contributed by atoms with Gasteiger partial charge in [-0.2, -0.15) is 0 Å². The largest absolute Gasteiger partial charge is 0.497 e. The van der Waals surface area contributed by atoms with Crippen LogP contribution in [0.25, 0.3) is 6.08 Å². The highest BCUT2D eigenvalue weighted by atomic mass is 16.6. The maximum atomic E-state index is 13.1. The summed E-state index contributed by atoms with van der Waals surface area (Å²) in [5, 5.41) is 10.9. The molecule has 1 fully saturated rings. The molecule has 0 spiro atoms. The van der Waals surface area contributed by atoms with Crippen LogP contribution in [-0.4, -0.2) is 65.7 Å². The number of non-ortho nitro benzene ring substituents is 1. The summed E-state index contributed by atoms with van der Waals surface area (Å²) in [6.45, 7) is 3.71. The van der Waals surface area contributed by atoms with Crippen molar-refractivity contribution in [3.8, 4) is 5.75 Å². The number of ether oxygens (including phenoxy) is 2. The van der Waals surface area contributed by atoms with Crippen molar-refractivity contribution >= 4 is 23.5 Å². The Balaban J connectivity index is 1.36. The SMILES string of the molecule is COc1ccc(Cc2nc3c(c(N4CCOCC4)n2)CN(C(=O)/C=C/c2ccc([N+](=O)[O-])cc2)CC3)cc1. The number of benzene rings is 2. The predicted octanol–water partition coefficient (Wildman–Crippen LogP) is 3.42. The highest BCUT2D eigenvalue weighted by Gasteiger charge is 2.27. The summed E-state index contributed by atoms with van der Waals surface area (Å²) >= 11 is 0. The van der Waals surface area contributed by atoms with E-state index in [-0.39, 0.29) is 11.6 Å². The smallest absolute Gasteiger partial charge is 0.269 e. The molecule has 2 aliphatic heterocycles. The van der Waals surface area contributed by atoms with E-state index in [1.807, 2.05) is 24.3 Å². The normalized spacial score (nSPS) is 15.4. The summed E-state index contributed by atoms with van der Waals surface area (Å²) in [4.78, 5) is 37.4. The van der Waals surface area contributed by atoms with Crippen molar-refractivity contribution in [2.24, 2.45) is 0 Å². The molecule has 2 aromatic carbocycles. The molecule has 10 nitrogen and oxygen atoms in total. The molecule has 0 saturated carbocycles. The lowest BCUT2D eigenvalue weighted by molar-refractivity contribution is -0.384. The number of hydrogen-bond acceptors (Lipinski definition) is 8. The van der Waals surface area contributed by atoms with E-state index in [1.54, 1.807) is 30.2 Å². The first-order chi connectivity index (χ1) is 18.5. The zero-order valence-electron chi connectivity index (χ0n) is 21.2. The van der Waals surface area contributed by atoms with Crippen molar-refractivity contribution in [1.29, 1.82) is 0 Å². The molecule has 0 atom stereocenters. The minimum atomic E-state index is -0.444. The third kappa shape index (κ3) is 5.81. The molecule has 3 heterocycles. The second kappa shape index (κ2) is 11.4. The number of nitro groups is 1. The van der Waals surface area contributed by atoms with E-state index in [9.17, 15) is 14.9 Å². The van der Waals surface area contributed by atoms with Gasteiger partial charge in [0.1, 0.15) is 17.4 Å². The Labute approximate surface area is 220 Å². The first kappa shape index (κ1) is 25.3. The number of rotatable bonds is 7. The van der Waals surface area contributed by atoms with Crippen LogP contribution >= 0.6 is 0 Å². The number of carbonyl (C=O) groups excluding carboxylic acids is 1. The average molecular weight is 516 g/mol. The summed E-state index contributed by atoms with van der Waals surface area (Å²) in [5.41, 5.74) is 3.80. The number of hydrogen-bond donors (Lipinski definition) is 0. The Hall–Kier alpha value is -4.31. The number of nitro benzene ring substituents is 1. The van der Waals surface area contributed by atoms with E-state index >= 15 is 0 Å². The van der Waals surface area contributed by atoms with Gasteiger partial charge in [0, 0.05) is 56.2 Å². The summed E-state index contributed by atoms with van der Waals surface area (Å²) in [7, 11) is 1.65. The number of fused-ring (bicyclic) bond motifs is 1. The van der Waals surface area contributed by atoms with Crippen LogP contribution in [0.1, 0.15) is 28.2 Å². The number of nitrogens with zero attached hydrogens (tertiary/aromatic N) is 5. The molecule has 38 heavy (non-hydrogen) atoms. The van der Waals surface area contributed by atoms with Crippen molar-refractivity contribution in [1.82, 2.24) is 14.9 Å². The van der Waals surface area contributed by atoms with E-state index in [0.29, 0.717) is 39.1 Å².